The van der Waals surface area contributed by atoms with Crippen LogP contribution in [-0.2, 0) is 7.05 Å². The molecule has 0 aliphatic heterocycles. The fraction of sp³-hybridized carbons (Fsp3) is 0.200. The van der Waals surface area contributed by atoms with E-state index in [1.165, 1.54) is 12.5 Å². The van der Waals surface area contributed by atoms with Gasteiger partial charge in [0, 0.05) is 7.05 Å². The SMILES string of the molecule is Cn1cncc1C(N)=O. The molecule has 0 unspecified atom stereocenters. The minimum absolute atomic E-state index is 0.426. The van der Waals surface area contributed by atoms with Crippen LogP contribution in [0.15, 0.2) is 12.5 Å². The molecule has 4 nitrogen and oxygen atoms in total. The van der Waals surface area contributed by atoms with Crippen molar-refractivity contribution in [2.45, 2.75) is 0 Å². The van der Waals surface area contributed by atoms with Crippen LogP contribution in [0.1, 0.15) is 10.5 Å². The summed E-state index contributed by atoms with van der Waals surface area (Å²) < 4.78 is 1.57. The van der Waals surface area contributed by atoms with Gasteiger partial charge < -0.3 is 10.3 Å². The van der Waals surface area contributed by atoms with Crippen LogP contribution in [0.4, 0.5) is 0 Å². The second kappa shape index (κ2) is 1.89. The topological polar surface area (TPSA) is 60.9 Å². The Morgan fingerprint density at radius 2 is 2.56 bits per heavy atom. The van der Waals surface area contributed by atoms with Gasteiger partial charge in [-0.25, -0.2) is 4.98 Å². The second-order valence-corrected chi connectivity index (χ2v) is 1.75. The highest BCUT2D eigenvalue weighted by molar-refractivity contribution is 5.90. The normalized spacial score (nSPS) is 9.44. The molecule has 0 atom stereocenters. The van der Waals surface area contributed by atoms with Gasteiger partial charge in [-0.05, 0) is 0 Å². The minimum atomic E-state index is -0.449. The average Bonchev–Trinajstić information content (AvgIpc) is 2.13. The van der Waals surface area contributed by atoms with Crippen LogP contribution in [-0.4, -0.2) is 15.5 Å². The fourth-order valence-electron chi connectivity index (χ4n) is 0.595. The quantitative estimate of drug-likeness (QED) is 0.551. The zero-order chi connectivity index (χ0) is 6.85. The molecule has 1 amide bonds. The van der Waals surface area contributed by atoms with Crippen molar-refractivity contribution in [2.75, 3.05) is 0 Å². The molecule has 0 aromatic carbocycles. The molecule has 1 rings (SSSR count). The Morgan fingerprint density at radius 1 is 1.89 bits per heavy atom. The van der Waals surface area contributed by atoms with E-state index in [0.717, 1.165) is 0 Å². The van der Waals surface area contributed by atoms with Gasteiger partial charge in [-0.2, -0.15) is 0 Å². The average molecular weight is 125 g/mol. The summed E-state index contributed by atoms with van der Waals surface area (Å²) in [5, 5.41) is 0. The lowest BCUT2D eigenvalue weighted by molar-refractivity contribution is 0.0992. The number of nitrogens with two attached hydrogens (primary N) is 1. The van der Waals surface area contributed by atoms with Crippen LogP contribution in [0, 0.1) is 0 Å². The standard InChI is InChI=1S/C5H7N3O/c1-8-3-7-2-4(8)5(6)9/h2-3H,1H3,(H2,6,9). The third kappa shape index (κ3) is 0.910. The summed E-state index contributed by atoms with van der Waals surface area (Å²) in [4.78, 5) is 14.1. The molecule has 0 bridgehead atoms. The van der Waals surface area contributed by atoms with Gasteiger partial charge in [-0.3, -0.25) is 4.79 Å². The van der Waals surface area contributed by atoms with Crippen LogP contribution in [0.2, 0.25) is 0 Å². The van der Waals surface area contributed by atoms with E-state index in [-0.39, 0.29) is 0 Å². The Kier molecular flexibility index (Phi) is 1.22. The van der Waals surface area contributed by atoms with Gasteiger partial charge in [0.15, 0.2) is 0 Å². The summed E-state index contributed by atoms with van der Waals surface area (Å²) >= 11 is 0. The molecule has 9 heavy (non-hydrogen) atoms. The van der Waals surface area contributed by atoms with E-state index in [9.17, 15) is 4.79 Å². The molecule has 0 fully saturated rings. The molecule has 1 aromatic rings. The van der Waals surface area contributed by atoms with E-state index in [1.54, 1.807) is 11.6 Å². The monoisotopic (exact) mass is 125 g/mol. The number of hydrogen-bond acceptors (Lipinski definition) is 2. The van der Waals surface area contributed by atoms with E-state index in [1.807, 2.05) is 0 Å². The first kappa shape index (κ1) is 5.81. The summed E-state index contributed by atoms with van der Waals surface area (Å²) in [5.41, 5.74) is 5.39. The molecule has 4 heteroatoms. The summed E-state index contributed by atoms with van der Waals surface area (Å²) in [6.45, 7) is 0. The van der Waals surface area contributed by atoms with E-state index in [0.29, 0.717) is 5.69 Å². The second-order valence-electron chi connectivity index (χ2n) is 1.75. The predicted octanol–water partition coefficient (Wildman–Crippen LogP) is -0.481. The number of primary amides is 1. The highest BCUT2D eigenvalue weighted by Gasteiger charge is 2.01. The van der Waals surface area contributed by atoms with Crippen molar-refractivity contribution in [3.05, 3.63) is 18.2 Å². The van der Waals surface area contributed by atoms with Gasteiger partial charge in [0.05, 0.1) is 12.5 Å². The fourth-order valence-corrected chi connectivity index (χ4v) is 0.595. The van der Waals surface area contributed by atoms with Gasteiger partial charge in [-0.15, -0.1) is 0 Å². The van der Waals surface area contributed by atoms with Crippen molar-refractivity contribution in [1.82, 2.24) is 9.55 Å². The molecule has 2 N–H and O–H groups in total. The third-order valence-corrected chi connectivity index (χ3v) is 1.07. The molecule has 0 saturated heterocycles. The smallest absolute Gasteiger partial charge is 0.266 e. The van der Waals surface area contributed by atoms with Crippen LogP contribution in [0.5, 0.6) is 0 Å². The zero-order valence-corrected chi connectivity index (χ0v) is 5.03. The van der Waals surface area contributed by atoms with Gasteiger partial charge in [0.25, 0.3) is 5.91 Å². The highest BCUT2D eigenvalue weighted by atomic mass is 16.1. The van der Waals surface area contributed by atoms with Crippen molar-refractivity contribution in [2.24, 2.45) is 12.8 Å². The van der Waals surface area contributed by atoms with Crippen LogP contribution in [0.3, 0.4) is 0 Å². The number of hydrogen-bond donors (Lipinski definition) is 1. The first-order valence-electron chi connectivity index (χ1n) is 2.48. The zero-order valence-electron chi connectivity index (χ0n) is 5.03. The maximum atomic E-state index is 10.4. The summed E-state index contributed by atoms with van der Waals surface area (Å²) in [7, 11) is 1.72. The number of amides is 1. The lowest BCUT2D eigenvalue weighted by Crippen LogP contribution is -2.14. The number of carbonyl (C=O) groups excluding carboxylic acids is 1. The van der Waals surface area contributed by atoms with Crippen molar-refractivity contribution in [3.63, 3.8) is 0 Å². The van der Waals surface area contributed by atoms with E-state index in [4.69, 9.17) is 5.73 Å². The summed E-state index contributed by atoms with van der Waals surface area (Å²) in [6, 6.07) is 0. The Labute approximate surface area is 52.3 Å². The van der Waals surface area contributed by atoms with E-state index in [2.05, 4.69) is 4.98 Å². The number of nitrogens with zero attached hydrogens (tertiary/aromatic N) is 2. The Bertz CT molecular complexity index is 228. The van der Waals surface area contributed by atoms with Gasteiger partial charge in [0.2, 0.25) is 0 Å². The largest absolute Gasteiger partial charge is 0.364 e. The Hall–Kier alpha value is -1.32. The molecule has 0 radical (unpaired) electrons. The first-order chi connectivity index (χ1) is 4.22. The van der Waals surface area contributed by atoms with Crippen molar-refractivity contribution in [3.8, 4) is 0 Å². The van der Waals surface area contributed by atoms with Gasteiger partial charge in [-0.1, -0.05) is 0 Å². The maximum absolute atomic E-state index is 10.4. The lowest BCUT2D eigenvalue weighted by Gasteiger charge is -1.92. The lowest BCUT2D eigenvalue weighted by atomic mass is 10.4. The number of imidazole rings is 1. The van der Waals surface area contributed by atoms with Crippen molar-refractivity contribution >= 4 is 5.91 Å². The number of rotatable bonds is 1. The van der Waals surface area contributed by atoms with Gasteiger partial charge in [0.1, 0.15) is 5.69 Å². The number of aromatic nitrogens is 2. The van der Waals surface area contributed by atoms with Crippen molar-refractivity contribution in [1.29, 1.82) is 0 Å². The molecule has 0 aliphatic rings. The Morgan fingerprint density at radius 3 is 2.78 bits per heavy atom. The van der Waals surface area contributed by atoms with Crippen LogP contribution >= 0.6 is 0 Å². The molecule has 48 valence electrons. The Balaban J connectivity index is 3.08. The molecule has 1 heterocycles. The van der Waals surface area contributed by atoms with E-state index < -0.39 is 5.91 Å². The number of carbonyl (C=O) groups is 1. The predicted molar refractivity (Wildman–Crippen MR) is 31.7 cm³/mol. The summed E-state index contributed by atoms with van der Waals surface area (Å²) in [5.74, 6) is -0.449. The minimum Gasteiger partial charge on any atom is -0.364 e. The summed E-state index contributed by atoms with van der Waals surface area (Å²) in [6.07, 6.45) is 2.96. The van der Waals surface area contributed by atoms with Crippen LogP contribution < -0.4 is 5.73 Å². The molecule has 0 aliphatic carbocycles. The molecular formula is C5H7N3O. The van der Waals surface area contributed by atoms with Crippen molar-refractivity contribution < 1.29 is 4.79 Å². The van der Waals surface area contributed by atoms with Crippen LogP contribution in [0.25, 0.3) is 0 Å². The molecular weight excluding hydrogens is 118 g/mol. The first-order valence-corrected chi connectivity index (χ1v) is 2.48. The molecule has 0 saturated carbocycles. The number of aryl methyl sites for hydroxylation is 1. The third-order valence-electron chi connectivity index (χ3n) is 1.07. The van der Waals surface area contributed by atoms with Gasteiger partial charge >= 0.3 is 0 Å². The highest BCUT2D eigenvalue weighted by Crippen LogP contribution is 1.91. The molecule has 1 aromatic heterocycles. The maximum Gasteiger partial charge on any atom is 0.266 e. The van der Waals surface area contributed by atoms with E-state index >= 15 is 0 Å². The molecule has 0 spiro atoms.